The normalized spacial score (nSPS) is 13.2. The number of aliphatic carboxylic acids is 1. The molecule has 0 aliphatic heterocycles. The van der Waals surface area contributed by atoms with Crippen LogP contribution in [0.15, 0.2) is 0 Å². The lowest BCUT2D eigenvalue weighted by Gasteiger charge is -2.29. The molecule has 18 heavy (non-hydrogen) atoms. The average molecular weight is 258 g/mol. The molecule has 0 saturated carbocycles. The highest BCUT2D eigenvalue weighted by molar-refractivity contribution is 5.83. The topological polar surface area (TPSA) is 83.6 Å². The Labute approximate surface area is 109 Å². The van der Waals surface area contributed by atoms with Crippen LogP contribution in [0.5, 0.6) is 0 Å². The van der Waals surface area contributed by atoms with Crippen LogP contribution in [0.2, 0.25) is 0 Å². The first-order valence-corrected chi connectivity index (χ1v) is 6.42. The molecule has 5 nitrogen and oxygen atoms in total. The summed E-state index contributed by atoms with van der Waals surface area (Å²) in [5, 5.41) is 8.82. The average Bonchev–Trinajstić information content (AvgIpc) is 2.22. The zero-order valence-corrected chi connectivity index (χ0v) is 11.9. The SMILES string of the molecule is CCCN(CC(=O)O)C(=O)C(CN)CC(C)(C)C. The van der Waals surface area contributed by atoms with Crippen molar-refractivity contribution in [3.63, 3.8) is 0 Å². The molecule has 0 aromatic carbocycles. The fourth-order valence-corrected chi connectivity index (χ4v) is 1.97. The number of carboxylic acids is 1. The van der Waals surface area contributed by atoms with Crippen LogP contribution in [0.3, 0.4) is 0 Å². The maximum atomic E-state index is 12.3. The van der Waals surface area contributed by atoms with E-state index in [0.29, 0.717) is 13.0 Å². The molecule has 0 aromatic heterocycles. The Hall–Kier alpha value is -1.10. The van der Waals surface area contributed by atoms with E-state index in [2.05, 4.69) is 0 Å². The van der Waals surface area contributed by atoms with Crippen LogP contribution in [0.4, 0.5) is 0 Å². The third-order valence-electron chi connectivity index (χ3n) is 2.62. The maximum Gasteiger partial charge on any atom is 0.323 e. The number of nitrogens with two attached hydrogens (primary N) is 1. The fraction of sp³-hybridized carbons (Fsp3) is 0.846. The minimum absolute atomic E-state index is 0.000798. The molecule has 0 fully saturated rings. The van der Waals surface area contributed by atoms with Crippen LogP contribution in [0.1, 0.15) is 40.5 Å². The molecule has 0 rings (SSSR count). The van der Waals surface area contributed by atoms with Gasteiger partial charge in [-0.15, -0.1) is 0 Å². The van der Waals surface area contributed by atoms with E-state index < -0.39 is 5.97 Å². The Morgan fingerprint density at radius 3 is 2.22 bits per heavy atom. The number of hydrogen-bond acceptors (Lipinski definition) is 3. The predicted octanol–water partition coefficient (Wildman–Crippen LogP) is 1.32. The molecule has 0 heterocycles. The van der Waals surface area contributed by atoms with E-state index in [4.69, 9.17) is 10.8 Å². The van der Waals surface area contributed by atoms with Crippen molar-refractivity contribution in [3.05, 3.63) is 0 Å². The van der Waals surface area contributed by atoms with Crippen LogP contribution in [-0.2, 0) is 9.59 Å². The summed E-state index contributed by atoms with van der Waals surface area (Å²) in [4.78, 5) is 24.4. The van der Waals surface area contributed by atoms with Crippen LogP contribution in [0, 0.1) is 11.3 Å². The molecule has 106 valence electrons. The predicted molar refractivity (Wildman–Crippen MR) is 71.1 cm³/mol. The van der Waals surface area contributed by atoms with Gasteiger partial charge in [-0.3, -0.25) is 9.59 Å². The molecule has 0 aliphatic rings. The molecule has 1 atom stereocenters. The van der Waals surface area contributed by atoms with Gasteiger partial charge in [-0.1, -0.05) is 27.7 Å². The van der Waals surface area contributed by atoms with Gasteiger partial charge in [0.2, 0.25) is 5.91 Å². The van der Waals surface area contributed by atoms with E-state index >= 15 is 0 Å². The minimum atomic E-state index is -0.983. The highest BCUT2D eigenvalue weighted by Gasteiger charge is 2.28. The van der Waals surface area contributed by atoms with Gasteiger partial charge in [0.05, 0.1) is 5.92 Å². The number of nitrogens with zero attached hydrogens (tertiary/aromatic N) is 1. The number of carbonyl (C=O) groups excluding carboxylic acids is 1. The lowest BCUT2D eigenvalue weighted by Crippen LogP contribution is -2.43. The van der Waals surface area contributed by atoms with Crippen LogP contribution in [0.25, 0.3) is 0 Å². The van der Waals surface area contributed by atoms with Gasteiger partial charge >= 0.3 is 5.97 Å². The minimum Gasteiger partial charge on any atom is -0.480 e. The summed E-state index contributed by atoms with van der Waals surface area (Å²) in [5.74, 6) is -1.42. The van der Waals surface area contributed by atoms with E-state index in [0.717, 1.165) is 6.42 Å². The summed E-state index contributed by atoms with van der Waals surface area (Å²) >= 11 is 0. The number of carbonyl (C=O) groups is 2. The molecule has 0 aliphatic carbocycles. The smallest absolute Gasteiger partial charge is 0.323 e. The summed E-state index contributed by atoms with van der Waals surface area (Å²) in [6, 6.07) is 0. The molecular formula is C13H26N2O3. The lowest BCUT2D eigenvalue weighted by molar-refractivity contribution is -0.146. The first-order chi connectivity index (χ1) is 8.21. The molecule has 0 spiro atoms. The van der Waals surface area contributed by atoms with Crippen molar-refractivity contribution in [2.75, 3.05) is 19.6 Å². The second kappa shape index (κ2) is 7.36. The first kappa shape index (κ1) is 16.9. The van der Waals surface area contributed by atoms with Crippen molar-refractivity contribution in [1.82, 2.24) is 4.90 Å². The standard InChI is InChI=1S/C13H26N2O3/c1-5-6-15(9-11(16)17)12(18)10(8-14)7-13(2,3)4/h10H,5-9,14H2,1-4H3,(H,16,17). The van der Waals surface area contributed by atoms with Crippen molar-refractivity contribution < 1.29 is 14.7 Å². The number of amides is 1. The van der Waals surface area contributed by atoms with Crippen molar-refractivity contribution in [1.29, 1.82) is 0 Å². The van der Waals surface area contributed by atoms with Gasteiger partial charge < -0.3 is 15.7 Å². The van der Waals surface area contributed by atoms with Gasteiger partial charge in [-0.25, -0.2) is 0 Å². The summed E-state index contributed by atoms with van der Waals surface area (Å²) < 4.78 is 0. The van der Waals surface area contributed by atoms with E-state index in [-0.39, 0.29) is 30.3 Å². The van der Waals surface area contributed by atoms with Gasteiger partial charge in [0.25, 0.3) is 0 Å². The van der Waals surface area contributed by atoms with Crippen molar-refractivity contribution in [2.45, 2.75) is 40.5 Å². The Morgan fingerprint density at radius 2 is 1.89 bits per heavy atom. The van der Waals surface area contributed by atoms with E-state index in [9.17, 15) is 9.59 Å². The van der Waals surface area contributed by atoms with Gasteiger partial charge in [0, 0.05) is 13.1 Å². The number of rotatable bonds is 7. The molecule has 1 unspecified atom stereocenters. The van der Waals surface area contributed by atoms with Crippen molar-refractivity contribution >= 4 is 11.9 Å². The Bertz CT molecular complexity index is 284. The first-order valence-electron chi connectivity index (χ1n) is 6.42. The second-order valence-electron chi connectivity index (χ2n) is 5.85. The van der Waals surface area contributed by atoms with E-state index in [1.54, 1.807) is 0 Å². The zero-order valence-electron chi connectivity index (χ0n) is 11.9. The highest BCUT2D eigenvalue weighted by atomic mass is 16.4. The van der Waals surface area contributed by atoms with Crippen LogP contribution in [-0.4, -0.2) is 41.5 Å². The Kier molecular flexibility index (Phi) is 6.91. The summed E-state index contributed by atoms with van der Waals surface area (Å²) in [5.41, 5.74) is 5.65. The van der Waals surface area contributed by atoms with Gasteiger partial charge in [0.15, 0.2) is 0 Å². The van der Waals surface area contributed by atoms with E-state index in [1.165, 1.54) is 4.90 Å². The number of carboxylic acid groups (broad SMARTS) is 1. The monoisotopic (exact) mass is 258 g/mol. The number of hydrogen-bond donors (Lipinski definition) is 2. The molecule has 0 saturated heterocycles. The summed E-state index contributed by atoms with van der Waals surface area (Å²) in [6.45, 7) is 8.54. The fourth-order valence-electron chi connectivity index (χ4n) is 1.97. The molecule has 0 radical (unpaired) electrons. The summed E-state index contributed by atoms with van der Waals surface area (Å²) in [6.07, 6.45) is 1.41. The van der Waals surface area contributed by atoms with Crippen LogP contribution >= 0.6 is 0 Å². The van der Waals surface area contributed by atoms with Gasteiger partial charge in [-0.05, 0) is 18.3 Å². The Balaban J connectivity index is 4.74. The molecular weight excluding hydrogens is 232 g/mol. The molecule has 1 amide bonds. The van der Waals surface area contributed by atoms with E-state index in [1.807, 2.05) is 27.7 Å². The molecule has 0 aromatic rings. The van der Waals surface area contributed by atoms with Crippen molar-refractivity contribution in [3.8, 4) is 0 Å². The largest absolute Gasteiger partial charge is 0.480 e. The summed E-state index contributed by atoms with van der Waals surface area (Å²) in [7, 11) is 0. The highest BCUT2D eigenvalue weighted by Crippen LogP contribution is 2.25. The Morgan fingerprint density at radius 1 is 1.33 bits per heavy atom. The van der Waals surface area contributed by atoms with Crippen LogP contribution < -0.4 is 5.73 Å². The molecule has 5 heteroatoms. The maximum absolute atomic E-state index is 12.3. The molecule has 0 bridgehead atoms. The third kappa shape index (κ3) is 6.59. The molecule has 3 N–H and O–H groups in total. The quantitative estimate of drug-likeness (QED) is 0.721. The zero-order chi connectivity index (χ0) is 14.3. The third-order valence-corrected chi connectivity index (χ3v) is 2.62. The second-order valence-corrected chi connectivity index (χ2v) is 5.85. The van der Waals surface area contributed by atoms with Gasteiger partial charge in [0.1, 0.15) is 6.54 Å². The lowest BCUT2D eigenvalue weighted by atomic mass is 9.84. The van der Waals surface area contributed by atoms with Gasteiger partial charge in [-0.2, -0.15) is 0 Å². The van der Waals surface area contributed by atoms with Crippen molar-refractivity contribution in [2.24, 2.45) is 17.1 Å².